The fourth-order valence-corrected chi connectivity index (χ4v) is 10.2. The Morgan fingerprint density at radius 2 is 1.62 bits per heavy atom. The van der Waals surface area contributed by atoms with Crippen molar-refractivity contribution >= 4 is 24.4 Å². The molecule has 8 nitrogen and oxygen atoms in total. The highest BCUT2D eigenvalue weighted by Gasteiger charge is 2.67. The van der Waals surface area contributed by atoms with E-state index in [1.807, 2.05) is 0 Å². The van der Waals surface area contributed by atoms with Crippen LogP contribution in [0.5, 0.6) is 0 Å². The van der Waals surface area contributed by atoms with E-state index in [4.69, 9.17) is 22.8 Å². The first-order chi connectivity index (χ1) is 18.3. The molecule has 1 saturated heterocycles. The summed E-state index contributed by atoms with van der Waals surface area (Å²) in [6, 6.07) is 0. The quantitative estimate of drug-likeness (QED) is 0.188. The van der Waals surface area contributed by atoms with E-state index in [1.165, 1.54) is 6.92 Å². The van der Waals surface area contributed by atoms with Crippen molar-refractivity contribution in [2.75, 3.05) is 26.1 Å². The lowest BCUT2D eigenvalue weighted by Crippen LogP contribution is -2.58. The van der Waals surface area contributed by atoms with E-state index in [9.17, 15) is 13.2 Å². The van der Waals surface area contributed by atoms with Crippen LogP contribution in [0.2, 0.25) is 18.1 Å². The number of carbonyl (C=O) groups is 1. The highest BCUT2D eigenvalue weighted by Crippen LogP contribution is 2.65. The molecule has 0 aromatic rings. The van der Waals surface area contributed by atoms with Gasteiger partial charge in [-0.3, -0.25) is 8.98 Å². The normalized spacial score (nSPS) is 38.4. The lowest BCUT2D eigenvalue weighted by atomic mass is 9.51. The SMILES string of the molecule is CC(=O)O[C@H]1C2CCC3(OCCO3)[C@@]2(C)CCC1[C@@]1(C)CC[C@H](O[Si](C)(C)C(C)(C)C)C[C@@H]1CCOS(C)(=O)=O. The van der Waals surface area contributed by atoms with Gasteiger partial charge in [-0.05, 0) is 74.4 Å². The van der Waals surface area contributed by atoms with E-state index in [2.05, 4.69) is 47.7 Å². The second-order valence-corrected chi connectivity index (χ2v) is 21.4. The third kappa shape index (κ3) is 6.09. The molecular weight excluding hydrogens is 548 g/mol. The fourth-order valence-electron chi connectivity index (χ4n) is 8.38. The molecule has 4 rings (SSSR count). The summed E-state index contributed by atoms with van der Waals surface area (Å²) >= 11 is 0. The summed E-state index contributed by atoms with van der Waals surface area (Å²) in [6.07, 6.45) is 7.98. The number of fused-ring (bicyclic) bond motifs is 2. The maximum absolute atomic E-state index is 12.5. The second-order valence-electron chi connectivity index (χ2n) is 15.0. The van der Waals surface area contributed by atoms with Gasteiger partial charge in [-0.2, -0.15) is 8.42 Å². The molecule has 7 atom stereocenters. The maximum atomic E-state index is 12.5. The molecule has 3 aliphatic carbocycles. The van der Waals surface area contributed by atoms with E-state index in [1.54, 1.807) is 0 Å². The van der Waals surface area contributed by atoms with Crippen LogP contribution in [0.25, 0.3) is 0 Å². The first kappa shape index (κ1) is 32.4. The Kier molecular flexibility index (Phi) is 9.07. The first-order valence-corrected chi connectivity index (χ1v) is 20.0. The molecule has 232 valence electrons. The maximum Gasteiger partial charge on any atom is 0.302 e. The Morgan fingerprint density at radius 1 is 1.00 bits per heavy atom. The summed E-state index contributed by atoms with van der Waals surface area (Å²) in [5.74, 6) is -0.343. The van der Waals surface area contributed by atoms with Crippen molar-refractivity contribution in [2.24, 2.45) is 28.6 Å². The predicted molar refractivity (Wildman–Crippen MR) is 157 cm³/mol. The monoisotopic (exact) mass is 602 g/mol. The van der Waals surface area contributed by atoms with Crippen molar-refractivity contribution < 1.29 is 36.0 Å². The zero-order valence-corrected chi connectivity index (χ0v) is 28.2. The molecule has 1 spiro atoms. The molecule has 2 unspecified atom stereocenters. The molecular formula is C30H54O8SSi. The average Bonchev–Trinajstić information content (AvgIpc) is 3.40. The number of rotatable bonds is 8. The fraction of sp³-hybridized carbons (Fsp3) is 0.967. The summed E-state index contributed by atoms with van der Waals surface area (Å²) in [7, 11) is -5.50. The number of hydrogen-bond donors (Lipinski definition) is 0. The lowest BCUT2D eigenvalue weighted by molar-refractivity contribution is -0.252. The molecule has 4 aliphatic rings. The van der Waals surface area contributed by atoms with Crippen molar-refractivity contribution in [3.05, 3.63) is 0 Å². The molecule has 1 heterocycles. The molecule has 0 aromatic carbocycles. The second kappa shape index (κ2) is 11.2. The molecule has 0 amide bonds. The van der Waals surface area contributed by atoms with Gasteiger partial charge in [-0.25, -0.2) is 0 Å². The lowest BCUT2D eigenvalue weighted by Gasteiger charge is -2.58. The van der Waals surface area contributed by atoms with E-state index >= 15 is 0 Å². The van der Waals surface area contributed by atoms with Crippen LogP contribution in [0.3, 0.4) is 0 Å². The van der Waals surface area contributed by atoms with Crippen LogP contribution in [0.4, 0.5) is 0 Å². The minimum atomic E-state index is -3.53. The number of carbonyl (C=O) groups excluding carboxylic acids is 1. The van der Waals surface area contributed by atoms with Crippen LogP contribution in [0.1, 0.15) is 92.9 Å². The molecule has 40 heavy (non-hydrogen) atoms. The van der Waals surface area contributed by atoms with Gasteiger partial charge in [-0.1, -0.05) is 34.6 Å². The van der Waals surface area contributed by atoms with Crippen LogP contribution in [-0.4, -0.2) is 66.8 Å². The van der Waals surface area contributed by atoms with E-state index in [0.29, 0.717) is 19.6 Å². The molecule has 3 saturated carbocycles. The molecule has 0 radical (unpaired) electrons. The minimum absolute atomic E-state index is 0.111. The van der Waals surface area contributed by atoms with Gasteiger partial charge in [0.15, 0.2) is 14.1 Å². The van der Waals surface area contributed by atoms with Crippen molar-refractivity contribution in [3.8, 4) is 0 Å². The number of esters is 1. The Balaban J connectivity index is 1.63. The van der Waals surface area contributed by atoms with Gasteiger partial charge in [0, 0.05) is 36.7 Å². The van der Waals surface area contributed by atoms with Gasteiger partial charge in [0.05, 0.1) is 26.1 Å². The topological polar surface area (TPSA) is 97.4 Å². The first-order valence-electron chi connectivity index (χ1n) is 15.3. The van der Waals surface area contributed by atoms with Crippen molar-refractivity contribution in [1.29, 1.82) is 0 Å². The van der Waals surface area contributed by atoms with Crippen molar-refractivity contribution in [3.63, 3.8) is 0 Å². The van der Waals surface area contributed by atoms with E-state index < -0.39 is 24.2 Å². The van der Waals surface area contributed by atoms with Gasteiger partial charge in [0.25, 0.3) is 10.1 Å². The molecule has 0 bridgehead atoms. The van der Waals surface area contributed by atoms with Crippen molar-refractivity contribution in [1.82, 2.24) is 0 Å². The average molecular weight is 603 g/mol. The zero-order chi connectivity index (χ0) is 29.8. The van der Waals surface area contributed by atoms with E-state index in [-0.39, 0.29) is 58.4 Å². The third-order valence-corrected chi connectivity index (χ3v) is 16.8. The zero-order valence-electron chi connectivity index (χ0n) is 26.3. The Hall–Kier alpha value is -0.523. The molecule has 10 heteroatoms. The van der Waals surface area contributed by atoms with Gasteiger partial charge in [0.2, 0.25) is 0 Å². The van der Waals surface area contributed by atoms with Gasteiger partial charge >= 0.3 is 5.97 Å². The molecule has 4 fully saturated rings. The number of ether oxygens (including phenoxy) is 3. The summed E-state index contributed by atoms with van der Waals surface area (Å²) in [4.78, 5) is 12.5. The molecule has 1 aliphatic heterocycles. The van der Waals surface area contributed by atoms with Crippen LogP contribution in [0, 0.1) is 28.6 Å². The predicted octanol–water partition coefficient (Wildman–Crippen LogP) is 6.05. The number of hydrogen-bond acceptors (Lipinski definition) is 8. The summed E-state index contributed by atoms with van der Waals surface area (Å²) in [6.45, 7) is 18.9. The van der Waals surface area contributed by atoms with Crippen LogP contribution in [0.15, 0.2) is 0 Å². The van der Waals surface area contributed by atoms with Crippen LogP contribution < -0.4 is 0 Å². The van der Waals surface area contributed by atoms with Gasteiger partial charge in [0.1, 0.15) is 6.10 Å². The van der Waals surface area contributed by atoms with Crippen LogP contribution in [-0.2, 0) is 37.7 Å². The minimum Gasteiger partial charge on any atom is -0.462 e. The summed E-state index contributed by atoms with van der Waals surface area (Å²) in [5.41, 5.74) is -0.364. The standard InChI is InChI=1S/C30H54O8SSi/c1-21(31)37-26-24(11-15-29(6)25(26)12-16-30(29)34-18-19-35-30)28(5)14-10-23(38-40(8,9)27(2,3)4)20-22(28)13-17-36-39(7,32)33/h22-26H,10-20H2,1-9H3/t22-,23-,24?,25?,26+,28-,29-/m0/s1. The highest BCUT2D eigenvalue weighted by atomic mass is 32.2. The Bertz CT molecular complexity index is 1030. The largest absolute Gasteiger partial charge is 0.462 e. The van der Waals surface area contributed by atoms with Gasteiger partial charge in [-0.15, -0.1) is 0 Å². The van der Waals surface area contributed by atoms with E-state index in [0.717, 1.165) is 51.2 Å². The third-order valence-electron chi connectivity index (χ3n) is 11.7. The summed E-state index contributed by atoms with van der Waals surface area (Å²) in [5, 5.41) is 0.111. The molecule has 0 aromatic heterocycles. The van der Waals surface area contributed by atoms with Crippen molar-refractivity contribution in [2.45, 2.75) is 129 Å². The summed E-state index contributed by atoms with van der Waals surface area (Å²) < 4.78 is 54.7. The van der Waals surface area contributed by atoms with Crippen LogP contribution >= 0.6 is 0 Å². The molecule has 0 N–H and O–H groups in total. The van der Waals surface area contributed by atoms with Gasteiger partial charge < -0.3 is 18.6 Å². The Labute approximate surface area is 243 Å². The Morgan fingerprint density at radius 3 is 2.20 bits per heavy atom. The smallest absolute Gasteiger partial charge is 0.302 e. The highest BCUT2D eigenvalue weighted by molar-refractivity contribution is 7.85.